The number of aromatic hydroxyl groups is 1. The number of pyridine rings is 1. The van der Waals surface area contributed by atoms with Gasteiger partial charge in [-0.05, 0) is 6.92 Å². The third-order valence-corrected chi connectivity index (χ3v) is 3.55. The van der Waals surface area contributed by atoms with Gasteiger partial charge in [0.05, 0.1) is 45.8 Å². The molecule has 156 valence electrons. The van der Waals surface area contributed by atoms with E-state index < -0.39 is 12.0 Å². The quantitative estimate of drug-likeness (QED) is 0.375. The fourth-order valence-corrected chi connectivity index (χ4v) is 2.22. The first-order valence-electron chi connectivity index (χ1n) is 8.99. The lowest BCUT2D eigenvalue weighted by Crippen LogP contribution is -2.22. The first kappa shape index (κ1) is 21.9. The van der Waals surface area contributed by atoms with Gasteiger partial charge in [-0.25, -0.2) is 14.8 Å². The molecule has 0 bridgehead atoms. The summed E-state index contributed by atoms with van der Waals surface area (Å²) in [5.41, 5.74) is 0.142. The van der Waals surface area contributed by atoms with E-state index >= 15 is 0 Å². The molecule has 0 amide bonds. The van der Waals surface area contributed by atoms with Gasteiger partial charge in [0.1, 0.15) is 19.0 Å². The molecule has 28 heavy (non-hydrogen) atoms. The molecule has 1 aromatic rings. The number of nitrogens with zero attached hydrogens (tertiary/aromatic N) is 2. The van der Waals surface area contributed by atoms with Crippen molar-refractivity contribution < 1.29 is 38.3 Å². The number of carbonyl (C=O) groups is 1. The van der Waals surface area contributed by atoms with E-state index in [2.05, 4.69) is 9.98 Å². The Labute approximate surface area is 163 Å². The van der Waals surface area contributed by atoms with Gasteiger partial charge in [-0.2, -0.15) is 0 Å². The van der Waals surface area contributed by atoms with E-state index in [9.17, 15) is 9.90 Å². The zero-order chi connectivity index (χ0) is 20.2. The second kappa shape index (κ2) is 12.1. The smallest absolute Gasteiger partial charge is 0.334 e. The van der Waals surface area contributed by atoms with Crippen molar-refractivity contribution in [3.05, 3.63) is 18.0 Å². The summed E-state index contributed by atoms with van der Waals surface area (Å²) < 4.78 is 31.2. The van der Waals surface area contributed by atoms with E-state index in [1.807, 2.05) is 0 Å². The van der Waals surface area contributed by atoms with Crippen LogP contribution in [0.25, 0.3) is 0 Å². The average Bonchev–Trinajstić information content (AvgIpc) is 3.17. The molecule has 2 heterocycles. The highest BCUT2D eigenvalue weighted by Gasteiger charge is 2.29. The number of ether oxygens (including phenoxy) is 6. The number of carbonyl (C=O) groups excluding carboxylic acids is 1. The predicted octanol–water partition coefficient (Wildman–Crippen LogP) is 0.554. The van der Waals surface area contributed by atoms with Crippen LogP contribution in [0.1, 0.15) is 12.6 Å². The number of aromatic nitrogens is 1. The van der Waals surface area contributed by atoms with Crippen molar-refractivity contribution in [1.82, 2.24) is 4.98 Å². The summed E-state index contributed by atoms with van der Waals surface area (Å²) in [6.07, 6.45) is 1.44. The Morgan fingerprint density at radius 1 is 1.21 bits per heavy atom. The lowest BCUT2D eigenvalue weighted by atomic mass is 10.3. The molecular formula is C18H26N2O8. The zero-order valence-corrected chi connectivity index (χ0v) is 16.1. The third-order valence-electron chi connectivity index (χ3n) is 3.55. The van der Waals surface area contributed by atoms with Crippen molar-refractivity contribution in [3.8, 4) is 11.5 Å². The molecule has 0 spiro atoms. The molecule has 0 saturated carbocycles. The molecule has 1 N–H and O–H groups in total. The Morgan fingerprint density at radius 3 is 2.61 bits per heavy atom. The van der Waals surface area contributed by atoms with E-state index in [1.54, 1.807) is 14.0 Å². The van der Waals surface area contributed by atoms with E-state index in [0.717, 1.165) is 0 Å². The zero-order valence-electron chi connectivity index (χ0n) is 16.1. The minimum Gasteiger partial charge on any atom is -0.505 e. The summed E-state index contributed by atoms with van der Waals surface area (Å²) in [6.45, 7) is 4.71. The van der Waals surface area contributed by atoms with Crippen molar-refractivity contribution in [1.29, 1.82) is 0 Å². The van der Waals surface area contributed by atoms with Crippen LogP contribution in [0.2, 0.25) is 0 Å². The molecule has 0 radical (unpaired) electrons. The molecule has 0 unspecified atom stereocenters. The van der Waals surface area contributed by atoms with E-state index in [-0.39, 0.29) is 30.6 Å². The number of methoxy groups -OCH3 is 1. The Bertz CT molecular complexity index is 652. The predicted molar refractivity (Wildman–Crippen MR) is 97.8 cm³/mol. The highest BCUT2D eigenvalue weighted by Crippen LogP contribution is 2.24. The molecule has 1 aliphatic heterocycles. The monoisotopic (exact) mass is 398 g/mol. The fraction of sp³-hybridized carbons (Fsp3) is 0.611. The van der Waals surface area contributed by atoms with Gasteiger partial charge in [-0.15, -0.1) is 0 Å². The SMILES string of the molecule is CCOC(=O)[C@H]1COC(c2ncc(OCCOCCOCCOC)cc2O)=N1. The molecule has 1 aliphatic rings. The summed E-state index contributed by atoms with van der Waals surface area (Å²) in [7, 11) is 1.62. The molecule has 1 aromatic heterocycles. The van der Waals surface area contributed by atoms with Crippen molar-refractivity contribution in [3.63, 3.8) is 0 Å². The van der Waals surface area contributed by atoms with Crippen molar-refractivity contribution in [2.45, 2.75) is 13.0 Å². The number of esters is 1. The van der Waals surface area contributed by atoms with Crippen LogP contribution < -0.4 is 4.74 Å². The van der Waals surface area contributed by atoms with Gasteiger partial charge in [0, 0.05) is 13.2 Å². The lowest BCUT2D eigenvalue weighted by molar-refractivity contribution is -0.144. The second-order valence-electron chi connectivity index (χ2n) is 5.62. The summed E-state index contributed by atoms with van der Waals surface area (Å²) in [6, 6.07) is 0.655. The lowest BCUT2D eigenvalue weighted by Gasteiger charge is -2.09. The van der Waals surface area contributed by atoms with Crippen LogP contribution in [-0.2, 0) is 28.5 Å². The standard InChI is InChI=1S/C18H26N2O8/c1-3-26-18(22)14-12-28-17(20-14)16-15(21)10-13(11-19-16)27-9-8-25-7-6-24-5-4-23-2/h10-11,14,21H,3-9,12H2,1-2H3/t14-/m1/s1. The van der Waals surface area contributed by atoms with Gasteiger partial charge in [0.25, 0.3) is 0 Å². The molecule has 0 fully saturated rings. The maximum atomic E-state index is 11.7. The number of aliphatic imine (C=N–C) groups is 1. The molecular weight excluding hydrogens is 372 g/mol. The highest BCUT2D eigenvalue weighted by atomic mass is 16.6. The van der Waals surface area contributed by atoms with E-state index in [1.165, 1.54) is 12.3 Å². The van der Waals surface area contributed by atoms with Crippen LogP contribution in [0.5, 0.6) is 11.5 Å². The number of rotatable bonds is 13. The van der Waals surface area contributed by atoms with Crippen molar-refractivity contribution >= 4 is 11.9 Å². The molecule has 10 heteroatoms. The minimum absolute atomic E-state index is 0.0556. The summed E-state index contributed by atoms with van der Waals surface area (Å²) in [4.78, 5) is 19.9. The third kappa shape index (κ3) is 6.95. The van der Waals surface area contributed by atoms with Crippen LogP contribution in [0.4, 0.5) is 0 Å². The Morgan fingerprint density at radius 2 is 1.93 bits per heavy atom. The van der Waals surface area contributed by atoms with Gasteiger partial charge in [0.2, 0.25) is 5.90 Å². The Balaban J connectivity index is 1.74. The van der Waals surface area contributed by atoms with Crippen molar-refractivity contribution in [2.24, 2.45) is 4.99 Å². The highest BCUT2D eigenvalue weighted by molar-refractivity contribution is 5.98. The summed E-state index contributed by atoms with van der Waals surface area (Å²) >= 11 is 0. The number of hydrogen-bond donors (Lipinski definition) is 1. The molecule has 0 saturated heterocycles. The van der Waals surface area contributed by atoms with Gasteiger partial charge in [0.15, 0.2) is 17.5 Å². The van der Waals surface area contributed by atoms with Gasteiger partial charge >= 0.3 is 5.97 Å². The largest absolute Gasteiger partial charge is 0.505 e. The topological polar surface area (TPSA) is 118 Å². The molecule has 0 aromatic carbocycles. The molecule has 0 aliphatic carbocycles. The van der Waals surface area contributed by atoms with E-state index in [4.69, 9.17) is 28.4 Å². The molecule has 2 rings (SSSR count). The van der Waals surface area contributed by atoms with Gasteiger partial charge in [-0.1, -0.05) is 0 Å². The average molecular weight is 398 g/mol. The van der Waals surface area contributed by atoms with Crippen LogP contribution in [0.15, 0.2) is 17.3 Å². The van der Waals surface area contributed by atoms with Crippen LogP contribution in [-0.4, -0.2) is 88.0 Å². The van der Waals surface area contributed by atoms with Crippen LogP contribution >= 0.6 is 0 Å². The summed E-state index contributed by atoms with van der Waals surface area (Å²) in [5.74, 6) is -0.157. The van der Waals surface area contributed by atoms with E-state index in [0.29, 0.717) is 45.4 Å². The van der Waals surface area contributed by atoms with Crippen LogP contribution in [0, 0.1) is 0 Å². The summed E-state index contributed by atoms with van der Waals surface area (Å²) in [5, 5.41) is 10.1. The Hall–Kier alpha value is -2.43. The molecule has 1 atom stereocenters. The molecule has 10 nitrogen and oxygen atoms in total. The first-order valence-corrected chi connectivity index (χ1v) is 8.99. The van der Waals surface area contributed by atoms with Gasteiger partial charge in [-0.3, -0.25) is 0 Å². The van der Waals surface area contributed by atoms with Crippen LogP contribution in [0.3, 0.4) is 0 Å². The fourth-order valence-electron chi connectivity index (χ4n) is 2.22. The minimum atomic E-state index is -0.747. The normalized spacial score (nSPS) is 15.8. The Kier molecular flexibility index (Phi) is 9.46. The number of hydrogen-bond acceptors (Lipinski definition) is 10. The first-order chi connectivity index (χ1) is 13.7. The second-order valence-corrected chi connectivity index (χ2v) is 5.62. The van der Waals surface area contributed by atoms with Crippen molar-refractivity contribution in [2.75, 3.05) is 60.0 Å². The maximum absolute atomic E-state index is 11.7. The maximum Gasteiger partial charge on any atom is 0.334 e. The van der Waals surface area contributed by atoms with Gasteiger partial charge < -0.3 is 33.5 Å².